The Bertz CT molecular complexity index is 1310. The van der Waals surface area contributed by atoms with E-state index in [-0.39, 0.29) is 126 Å². The second kappa shape index (κ2) is 29.6. The molecule has 0 fully saturated rings. The summed E-state index contributed by atoms with van der Waals surface area (Å²) < 4.78 is 22.0. The molecular weight excluding hydrogens is 795 g/mol. The molecule has 0 aliphatic heterocycles. The number of nitrogens with zero attached hydrogens (tertiary/aromatic N) is 3. The maximum absolute atomic E-state index is 12.2. The number of carbonyl (C=O) groups is 2. The van der Waals surface area contributed by atoms with Gasteiger partial charge < -0.3 is 36.3 Å². The van der Waals surface area contributed by atoms with Crippen LogP contribution in [0.2, 0.25) is 0 Å². The number of nitrogens with one attached hydrogen (secondary N) is 1. The predicted octanol–water partition coefficient (Wildman–Crippen LogP) is 2.20. The second-order valence-corrected chi connectivity index (χ2v) is 12.7. The van der Waals surface area contributed by atoms with Crippen molar-refractivity contribution < 1.29 is 120 Å². The summed E-state index contributed by atoms with van der Waals surface area (Å²) in [6.07, 6.45) is 0.455. The molecule has 0 aliphatic rings. The van der Waals surface area contributed by atoms with E-state index in [1.807, 2.05) is 69.3 Å². The van der Waals surface area contributed by atoms with Crippen LogP contribution in [0.15, 0.2) is 58.0 Å². The van der Waals surface area contributed by atoms with Crippen molar-refractivity contribution in [2.75, 3.05) is 27.1 Å². The molecule has 3 N–H and O–H groups in total. The number of carbonyl (C=O) groups excluding carboxylic acids is 2. The van der Waals surface area contributed by atoms with Crippen LogP contribution in [0.1, 0.15) is 47.6 Å². The molecule has 222 valence electrons. The Morgan fingerprint density at radius 2 is 1.71 bits per heavy atom. The summed E-state index contributed by atoms with van der Waals surface area (Å²) in [5.74, 6) is 1.19. The molecule has 42 heavy (non-hydrogen) atoms. The number of aromatic nitrogens is 1. The molecular formula is C27H37ClIK2N5O2S4. The number of hydrogen-bond acceptors (Lipinski definition) is 9. The Morgan fingerprint density at radius 3 is 2.17 bits per heavy atom. The van der Waals surface area contributed by atoms with E-state index in [0.29, 0.717) is 17.1 Å². The van der Waals surface area contributed by atoms with Gasteiger partial charge >= 0.3 is 103 Å². The Morgan fingerprint density at radius 1 is 1.17 bits per heavy atom. The van der Waals surface area contributed by atoms with Crippen LogP contribution in [0, 0.1) is 20.4 Å². The van der Waals surface area contributed by atoms with Crippen LogP contribution in [-0.4, -0.2) is 37.1 Å². The zero-order chi connectivity index (χ0) is 34.5. The van der Waals surface area contributed by atoms with Gasteiger partial charge in [-0.05, 0) is 46.8 Å². The van der Waals surface area contributed by atoms with Crippen molar-refractivity contribution in [3.8, 4) is 0 Å². The van der Waals surface area contributed by atoms with Crippen molar-refractivity contribution in [2.45, 2.75) is 38.5 Å². The minimum Gasteiger partial charge on any atom is -0.782 e. The number of nitrogen functional groups attached to an aromatic ring is 1. The fourth-order valence-electron chi connectivity index (χ4n) is 2.66. The molecule has 3 rings (SSSR count). The predicted molar refractivity (Wildman–Crippen MR) is 192 cm³/mol. The average Bonchev–Trinajstić information content (AvgIpc) is 3.38. The molecule has 1 heterocycles. The van der Waals surface area contributed by atoms with Gasteiger partial charge in [0.05, 0.1) is 5.88 Å². The number of Topliss-reactive ketones (excluding diaryl/α,β-unsaturated/α-hetero) is 1. The summed E-state index contributed by atoms with van der Waals surface area (Å²) in [5, 5.41) is 5.83. The number of para-hydroxylation sites is 1. The van der Waals surface area contributed by atoms with Gasteiger partial charge in [0.2, 0.25) is 0 Å². The molecule has 0 unspecified atom stereocenters. The quantitative estimate of drug-likeness (QED) is 0.0434. The Hall–Kier alpha value is 1.25. The van der Waals surface area contributed by atoms with Crippen molar-refractivity contribution in [1.82, 2.24) is 4.98 Å². The third-order valence-corrected chi connectivity index (χ3v) is 6.99. The van der Waals surface area contributed by atoms with Crippen molar-refractivity contribution >= 4 is 110 Å². The summed E-state index contributed by atoms with van der Waals surface area (Å²) in [4.78, 5) is 30.4. The third-order valence-electron chi connectivity index (χ3n) is 4.43. The first-order valence-corrected chi connectivity index (χ1v) is 16.4. The van der Waals surface area contributed by atoms with Gasteiger partial charge in [0.1, 0.15) is 10.7 Å². The number of halogens is 2. The van der Waals surface area contributed by atoms with Gasteiger partial charge in [-0.25, -0.2) is 4.98 Å². The van der Waals surface area contributed by atoms with Crippen molar-refractivity contribution in [1.29, 1.82) is 0 Å². The van der Waals surface area contributed by atoms with Gasteiger partial charge in [0.25, 0.3) is 5.91 Å². The maximum atomic E-state index is 12.2. The van der Waals surface area contributed by atoms with Gasteiger partial charge in [-0.2, -0.15) is 10.9 Å². The minimum absolute atomic E-state index is 0. The normalized spacial score (nSPS) is 9.17. The molecule has 0 aliphatic carbocycles. The monoisotopic (exact) mass is 836 g/mol. The van der Waals surface area contributed by atoms with Crippen LogP contribution in [0.4, 0.5) is 11.5 Å². The first-order valence-electron chi connectivity index (χ1n) is 13.8. The minimum atomic E-state index is -0.202. The molecule has 0 bridgehead atoms. The SMILES string of the molecule is CCI.CCSc1nc(N)c(C(=O)Nc2ccccc2C)s1.Cc1ccccc1CC(=O)CCl.[2HH].[2H][2H].[2H][2H].[C-]#[N+]N=C([S-])[S-].[K+].[K+]. The Labute approximate surface area is 380 Å². The smallest absolute Gasteiger partial charge is 0.782 e. The summed E-state index contributed by atoms with van der Waals surface area (Å²) >= 11 is 19.1. The number of aryl methyl sites for hydroxylation is 2. The van der Waals surface area contributed by atoms with E-state index in [0.717, 1.165) is 32.5 Å². The first-order chi connectivity index (χ1) is 21.0. The number of thiazole rings is 1. The van der Waals surface area contributed by atoms with E-state index in [2.05, 4.69) is 75.1 Å². The maximum Gasteiger partial charge on any atom is 1.00 e. The van der Waals surface area contributed by atoms with E-state index in [1.54, 1.807) is 11.8 Å². The number of amides is 1. The number of ketones is 1. The average molecular weight is 837 g/mol. The van der Waals surface area contributed by atoms with E-state index in [4.69, 9.17) is 29.8 Å². The molecule has 0 radical (unpaired) electrons. The van der Waals surface area contributed by atoms with Crippen LogP contribution >= 0.6 is 57.3 Å². The van der Waals surface area contributed by atoms with Gasteiger partial charge in [-0.3, -0.25) is 9.59 Å². The van der Waals surface area contributed by atoms with E-state index in [1.165, 1.54) is 15.8 Å². The summed E-state index contributed by atoms with van der Waals surface area (Å²) in [6, 6.07) is 15.5. The molecule has 0 saturated carbocycles. The molecule has 1 aromatic heterocycles. The number of nitrogens with two attached hydrogens (primary N) is 1. The molecule has 2 aromatic carbocycles. The van der Waals surface area contributed by atoms with Crippen LogP contribution in [0.5, 0.6) is 0 Å². The van der Waals surface area contributed by atoms with Gasteiger partial charge in [0, 0.05) is 24.6 Å². The number of alkyl halides is 2. The molecule has 1 amide bonds. The van der Waals surface area contributed by atoms with Gasteiger partial charge in [0.15, 0.2) is 10.1 Å². The molecule has 15 heteroatoms. The van der Waals surface area contributed by atoms with Crippen LogP contribution < -0.4 is 114 Å². The Balaban J connectivity index is -0.000000130. The molecule has 0 spiro atoms. The third kappa shape index (κ3) is 21.9. The number of thioether (sulfide) groups is 1. The van der Waals surface area contributed by atoms with E-state index in [9.17, 15) is 9.59 Å². The van der Waals surface area contributed by atoms with Crippen molar-refractivity contribution in [3.63, 3.8) is 0 Å². The zero-order valence-corrected chi connectivity index (χ0v) is 37.0. The number of anilines is 2. The van der Waals surface area contributed by atoms with E-state index >= 15 is 0 Å². The zero-order valence-electron chi connectivity index (χ0n) is 28.6. The molecule has 0 saturated heterocycles. The van der Waals surface area contributed by atoms with Gasteiger partial charge in [-0.15, -0.1) is 27.9 Å². The molecule has 0 atom stereocenters. The number of hydrogen-bond donors (Lipinski definition) is 2. The van der Waals surface area contributed by atoms with Crippen molar-refractivity contribution in [3.05, 3.63) is 81.6 Å². The summed E-state index contributed by atoms with van der Waals surface area (Å²) in [7, 11) is 0. The van der Waals surface area contributed by atoms with E-state index < -0.39 is 0 Å². The largest absolute Gasteiger partial charge is 1.00 e. The number of benzene rings is 2. The fraction of sp³-hybridized carbons (Fsp3) is 0.296. The van der Waals surface area contributed by atoms with Gasteiger partial charge in [-0.1, -0.05) is 90.7 Å². The molecule has 3 aromatic rings. The van der Waals surface area contributed by atoms with Crippen LogP contribution in [0.25, 0.3) is 4.95 Å². The summed E-state index contributed by atoms with van der Waals surface area (Å²) in [6.45, 7) is 14.1. The first kappa shape index (κ1) is 43.3. The fourth-order valence-corrected chi connectivity index (χ4v) is 4.70. The number of rotatable bonds is 7. The van der Waals surface area contributed by atoms with Crippen molar-refractivity contribution in [2.24, 2.45) is 5.10 Å². The van der Waals surface area contributed by atoms with Crippen LogP contribution in [-0.2, 0) is 36.5 Å². The second-order valence-electron chi connectivity index (χ2n) is 7.40. The summed E-state index contributed by atoms with van der Waals surface area (Å²) in [5.41, 5.74) is 9.82. The van der Waals surface area contributed by atoms with Crippen LogP contribution in [0.3, 0.4) is 0 Å². The molecule has 7 nitrogen and oxygen atoms in total. The topological polar surface area (TPSA) is 102 Å². The standard InChI is InChI=1S/C13H15N3OS2.C10H11ClO.C2H5I.C2H2N2S2.2K.3H2/c1-3-18-13-16-11(14)10(19-13)12(17)15-9-7-5-4-6-8(9)2;1-8-4-2-3-5-9(8)6-10(12)7-11;1-2-3;1-3-4-2(5)6;;;;;/h4-7H,3,14H2,1-2H3,(H,15,17);2-5H,6-7H2,1H3;2H2,1H3;(H2,4,5,6);;;3*1H/q;;;;2*+1;;;/p-2/i;;;;;;2*1+1D;1+1. The Kier molecular flexibility index (Phi) is 30.5.